The van der Waals surface area contributed by atoms with Crippen LogP contribution in [0, 0.1) is 24.7 Å². The molecule has 0 nitrogen and oxygen atoms in total. The summed E-state index contributed by atoms with van der Waals surface area (Å²) in [5.41, 5.74) is 0. The van der Waals surface area contributed by atoms with E-state index in [0.29, 0.717) is 0 Å². The van der Waals surface area contributed by atoms with Gasteiger partial charge in [-0.3, -0.25) is 0 Å². The number of rotatable bonds is 8. The second-order valence-corrected chi connectivity index (χ2v) is 5.41. The van der Waals surface area contributed by atoms with Crippen molar-refractivity contribution < 1.29 is 0 Å². The van der Waals surface area contributed by atoms with Gasteiger partial charge in [-0.2, -0.15) is 0 Å². The molecule has 1 radical (unpaired) electrons. The first-order valence-electron chi connectivity index (χ1n) is 6.35. The lowest BCUT2D eigenvalue weighted by Gasteiger charge is -2.15. The van der Waals surface area contributed by atoms with Crippen LogP contribution >= 0.6 is 0 Å². The molecule has 0 aliphatic rings. The molecule has 0 rings (SSSR count). The van der Waals surface area contributed by atoms with Gasteiger partial charge in [-0.05, 0) is 24.2 Å². The van der Waals surface area contributed by atoms with Gasteiger partial charge >= 0.3 is 0 Å². The van der Waals surface area contributed by atoms with Gasteiger partial charge in [-0.15, -0.1) is 0 Å². The fraction of sp³-hybridized carbons (Fsp3) is 0.929. The van der Waals surface area contributed by atoms with Crippen molar-refractivity contribution in [1.82, 2.24) is 0 Å². The predicted octanol–water partition coefficient (Wildman–Crippen LogP) is 5.09. The first-order chi connectivity index (χ1) is 6.56. The van der Waals surface area contributed by atoms with E-state index in [0.717, 1.165) is 24.2 Å². The zero-order chi connectivity index (χ0) is 11.0. The molecule has 0 spiro atoms. The summed E-state index contributed by atoms with van der Waals surface area (Å²) in [6, 6.07) is 0. The molecule has 2 unspecified atom stereocenters. The van der Waals surface area contributed by atoms with Crippen LogP contribution in [0.1, 0.15) is 66.2 Å². The van der Waals surface area contributed by atoms with Gasteiger partial charge < -0.3 is 0 Å². The SMILES string of the molecule is [CH2]CC(C)CC(C)CCCCC(C)C. The first kappa shape index (κ1) is 14.0. The van der Waals surface area contributed by atoms with E-state index in [4.69, 9.17) is 0 Å². The third-order valence-electron chi connectivity index (χ3n) is 3.03. The van der Waals surface area contributed by atoms with E-state index in [1.165, 1.54) is 32.1 Å². The van der Waals surface area contributed by atoms with Gasteiger partial charge in [0.15, 0.2) is 0 Å². The first-order valence-corrected chi connectivity index (χ1v) is 6.35. The van der Waals surface area contributed by atoms with E-state index < -0.39 is 0 Å². The van der Waals surface area contributed by atoms with E-state index in [1.54, 1.807) is 0 Å². The van der Waals surface area contributed by atoms with Crippen LogP contribution in [0.4, 0.5) is 0 Å². The Labute approximate surface area is 91.5 Å². The highest BCUT2D eigenvalue weighted by Crippen LogP contribution is 2.20. The Kier molecular flexibility index (Phi) is 8.32. The van der Waals surface area contributed by atoms with Crippen LogP contribution in [-0.2, 0) is 0 Å². The Morgan fingerprint density at radius 3 is 1.93 bits per heavy atom. The van der Waals surface area contributed by atoms with Crippen molar-refractivity contribution in [3.8, 4) is 0 Å². The molecule has 85 valence electrons. The van der Waals surface area contributed by atoms with Gasteiger partial charge in [0.2, 0.25) is 0 Å². The van der Waals surface area contributed by atoms with Gasteiger partial charge in [-0.1, -0.05) is 66.7 Å². The fourth-order valence-electron chi connectivity index (χ4n) is 1.97. The van der Waals surface area contributed by atoms with E-state index in [1.807, 2.05) is 0 Å². The summed E-state index contributed by atoms with van der Waals surface area (Å²) in [5, 5.41) is 0. The molecule has 2 atom stereocenters. The van der Waals surface area contributed by atoms with Gasteiger partial charge in [0.1, 0.15) is 0 Å². The normalized spacial score (nSPS) is 15.9. The molecule has 0 fully saturated rings. The quantitative estimate of drug-likeness (QED) is 0.475. The molecule has 0 saturated carbocycles. The van der Waals surface area contributed by atoms with Crippen LogP contribution in [0.25, 0.3) is 0 Å². The molecule has 0 aromatic heterocycles. The van der Waals surface area contributed by atoms with Crippen molar-refractivity contribution in [3.63, 3.8) is 0 Å². The molecule has 0 heteroatoms. The summed E-state index contributed by atoms with van der Waals surface area (Å²) in [7, 11) is 0. The van der Waals surface area contributed by atoms with Gasteiger partial charge in [0.05, 0.1) is 0 Å². The summed E-state index contributed by atoms with van der Waals surface area (Å²) in [5.74, 6) is 2.60. The lowest BCUT2D eigenvalue weighted by atomic mass is 9.91. The molecule has 14 heavy (non-hydrogen) atoms. The monoisotopic (exact) mass is 197 g/mol. The predicted molar refractivity (Wildman–Crippen MR) is 66.2 cm³/mol. The van der Waals surface area contributed by atoms with Crippen LogP contribution in [-0.4, -0.2) is 0 Å². The van der Waals surface area contributed by atoms with Crippen molar-refractivity contribution in [2.75, 3.05) is 0 Å². The Morgan fingerprint density at radius 1 is 0.857 bits per heavy atom. The van der Waals surface area contributed by atoms with Crippen LogP contribution in [0.2, 0.25) is 0 Å². The highest BCUT2D eigenvalue weighted by Gasteiger charge is 2.06. The highest BCUT2D eigenvalue weighted by atomic mass is 14.1. The summed E-state index contributed by atoms with van der Waals surface area (Å²) in [6.45, 7) is 13.3. The third kappa shape index (κ3) is 8.59. The zero-order valence-electron chi connectivity index (χ0n) is 10.7. The standard InChI is InChI=1S/C14H29/c1-6-13(4)11-14(5)10-8-7-9-12(2)3/h12-14H,1,6-11H2,2-5H3. The third-order valence-corrected chi connectivity index (χ3v) is 3.03. The van der Waals surface area contributed by atoms with Gasteiger partial charge in [0.25, 0.3) is 0 Å². The maximum atomic E-state index is 3.96. The average molecular weight is 197 g/mol. The number of hydrogen-bond acceptors (Lipinski definition) is 0. The van der Waals surface area contributed by atoms with Gasteiger partial charge in [0, 0.05) is 0 Å². The second-order valence-electron chi connectivity index (χ2n) is 5.41. The Bertz CT molecular complexity index is 115. The molecule has 0 heterocycles. The van der Waals surface area contributed by atoms with Crippen LogP contribution in [0.5, 0.6) is 0 Å². The second kappa shape index (κ2) is 8.32. The lowest BCUT2D eigenvalue weighted by molar-refractivity contribution is 0.377. The van der Waals surface area contributed by atoms with Gasteiger partial charge in [-0.25, -0.2) is 0 Å². The van der Waals surface area contributed by atoms with E-state index >= 15 is 0 Å². The van der Waals surface area contributed by atoms with E-state index in [2.05, 4.69) is 34.6 Å². The molecule has 0 aliphatic heterocycles. The smallest absolute Gasteiger partial charge is 0.0440 e. The van der Waals surface area contributed by atoms with Crippen molar-refractivity contribution in [2.45, 2.75) is 66.2 Å². The highest BCUT2D eigenvalue weighted by molar-refractivity contribution is 4.61. The molecule has 0 aromatic rings. The fourth-order valence-corrected chi connectivity index (χ4v) is 1.97. The Morgan fingerprint density at radius 2 is 1.43 bits per heavy atom. The molecule has 0 bridgehead atoms. The minimum Gasteiger partial charge on any atom is -0.0628 e. The van der Waals surface area contributed by atoms with E-state index in [9.17, 15) is 0 Å². The summed E-state index contributed by atoms with van der Waals surface area (Å²) in [4.78, 5) is 0. The maximum absolute atomic E-state index is 3.96. The Hall–Kier alpha value is 0. The number of hydrogen-bond donors (Lipinski definition) is 0. The van der Waals surface area contributed by atoms with Crippen LogP contribution < -0.4 is 0 Å². The topological polar surface area (TPSA) is 0 Å². The zero-order valence-corrected chi connectivity index (χ0v) is 10.7. The molecular formula is C14H29. The molecule has 0 N–H and O–H groups in total. The summed E-state index contributed by atoms with van der Waals surface area (Å²) >= 11 is 0. The minimum absolute atomic E-state index is 0.815. The lowest BCUT2D eigenvalue weighted by Crippen LogP contribution is -2.02. The van der Waals surface area contributed by atoms with Crippen molar-refractivity contribution in [1.29, 1.82) is 0 Å². The molecule has 0 aliphatic carbocycles. The van der Waals surface area contributed by atoms with E-state index in [-0.39, 0.29) is 0 Å². The summed E-state index contributed by atoms with van der Waals surface area (Å²) < 4.78 is 0. The van der Waals surface area contributed by atoms with Crippen molar-refractivity contribution in [2.24, 2.45) is 17.8 Å². The van der Waals surface area contributed by atoms with Crippen LogP contribution in [0.3, 0.4) is 0 Å². The average Bonchev–Trinajstić information content (AvgIpc) is 2.12. The largest absolute Gasteiger partial charge is 0.0628 e. The molecular weight excluding hydrogens is 168 g/mol. The Balaban J connectivity index is 3.30. The molecule has 0 saturated heterocycles. The van der Waals surface area contributed by atoms with Crippen LogP contribution in [0.15, 0.2) is 0 Å². The van der Waals surface area contributed by atoms with Crippen molar-refractivity contribution in [3.05, 3.63) is 6.92 Å². The number of unbranched alkanes of at least 4 members (excludes halogenated alkanes) is 1. The molecule has 0 amide bonds. The molecule has 0 aromatic carbocycles. The summed E-state index contributed by atoms with van der Waals surface area (Å²) in [6.07, 6.45) is 8.11. The maximum Gasteiger partial charge on any atom is -0.0440 e. The minimum atomic E-state index is 0.815. The van der Waals surface area contributed by atoms with Crippen molar-refractivity contribution >= 4 is 0 Å².